The number of halogens is 3. The van der Waals surface area contributed by atoms with Gasteiger partial charge in [-0.05, 0) is 64.9 Å². The normalized spacial score (nSPS) is 12.0. The first-order valence-corrected chi connectivity index (χ1v) is 8.36. The lowest BCUT2D eigenvalue weighted by Crippen LogP contribution is -2.28. The topological polar surface area (TPSA) is 29.1 Å². The van der Waals surface area contributed by atoms with E-state index in [2.05, 4.69) is 27.9 Å². The van der Waals surface area contributed by atoms with Gasteiger partial charge in [-0.3, -0.25) is 4.79 Å². The van der Waals surface area contributed by atoms with Gasteiger partial charge in [-0.15, -0.1) is 0 Å². The molecule has 0 bridgehead atoms. The van der Waals surface area contributed by atoms with E-state index >= 15 is 0 Å². The van der Waals surface area contributed by atoms with Crippen LogP contribution in [0.15, 0.2) is 42.5 Å². The molecule has 110 valence electrons. The molecule has 2 aromatic carbocycles. The molecule has 1 amide bonds. The maximum atomic E-state index is 12.3. The summed E-state index contributed by atoms with van der Waals surface area (Å²) in [7, 11) is 0. The fourth-order valence-electron chi connectivity index (χ4n) is 2.00. The van der Waals surface area contributed by atoms with E-state index in [1.807, 2.05) is 37.3 Å². The van der Waals surface area contributed by atoms with E-state index in [-0.39, 0.29) is 11.9 Å². The van der Waals surface area contributed by atoms with Crippen LogP contribution in [0.3, 0.4) is 0 Å². The SMILES string of the molecule is CCC(NC(=O)c1ccc(I)c(Cl)c1)c1ccc(Cl)cc1. The second kappa shape index (κ2) is 7.47. The Hall–Kier alpha value is -0.780. The summed E-state index contributed by atoms with van der Waals surface area (Å²) in [5.41, 5.74) is 1.60. The van der Waals surface area contributed by atoms with Crippen LogP contribution in [0.5, 0.6) is 0 Å². The molecular weight excluding hydrogens is 420 g/mol. The van der Waals surface area contributed by atoms with E-state index in [0.29, 0.717) is 15.6 Å². The molecular formula is C16H14Cl2INO. The van der Waals surface area contributed by atoms with Crippen LogP contribution >= 0.6 is 45.8 Å². The van der Waals surface area contributed by atoms with Crippen LogP contribution in [0, 0.1) is 3.57 Å². The van der Waals surface area contributed by atoms with E-state index in [1.165, 1.54) is 0 Å². The molecule has 0 aromatic heterocycles. The third kappa shape index (κ3) is 4.34. The van der Waals surface area contributed by atoms with Gasteiger partial charge in [-0.2, -0.15) is 0 Å². The maximum Gasteiger partial charge on any atom is 0.251 e. The number of nitrogens with one attached hydrogen (secondary N) is 1. The lowest BCUT2D eigenvalue weighted by molar-refractivity contribution is 0.0935. The number of amides is 1. The molecule has 0 saturated carbocycles. The summed E-state index contributed by atoms with van der Waals surface area (Å²) in [6.07, 6.45) is 0.797. The van der Waals surface area contributed by atoms with Gasteiger partial charge in [-0.25, -0.2) is 0 Å². The van der Waals surface area contributed by atoms with Gasteiger partial charge in [0.05, 0.1) is 11.1 Å². The molecule has 1 unspecified atom stereocenters. The summed E-state index contributed by atoms with van der Waals surface area (Å²) in [4.78, 5) is 12.3. The first kappa shape index (κ1) is 16.6. The zero-order valence-corrected chi connectivity index (χ0v) is 15.0. The van der Waals surface area contributed by atoms with Gasteiger partial charge in [0.1, 0.15) is 0 Å². The smallest absolute Gasteiger partial charge is 0.251 e. The molecule has 0 aliphatic carbocycles. The quantitative estimate of drug-likeness (QED) is 0.635. The molecule has 5 heteroatoms. The van der Waals surface area contributed by atoms with Crippen molar-refractivity contribution < 1.29 is 4.79 Å². The van der Waals surface area contributed by atoms with E-state index in [9.17, 15) is 4.79 Å². The molecule has 0 fully saturated rings. The van der Waals surface area contributed by atoms with Crippen LogP contribution in [-0.4, -0.2) is 5.91 Å². The van der Waals surface area contributed by atoms with Crippen molar-refractivity contribution in [2.75, 3.05) is 0 Å². The van der Waals surface area contributed by atoms with Crippen molar-refractivity contribution >= 4 is 51.7 Å². The highest BCUT2D eigenvalue weighted by Gasteiger charge is 2.14. The zero-order chi connectivity index (χ0) is 15.4. The maximum absolute atomic E-state index is 12.3. The number of carbonyl (C=O) groups is 1. The Morgan fingerprint density at radius 2 is 1.86 bits per heavy atom. The molecule has 2 aromatic rings. The summed E-state index contributed by atoms with van der Waals surface area (Å²) in [6.45, 7) is 2.03. The standard InChI is InChI=1S/C16H14Cl2INO/c1-2-15(10-3-6-12(17)7-4-10)20-16(21)11-5-8-14(19)13(18)9-11/h3-9,15H,2H2,1H3,(H,20,21). The van der Waals surface area contributed by atoms with Crippen LogP contribution in [0.4, 0.5) is 0 Å². The van der Waals surface area contributed by atoms with Crippen molar-refractivity contribution in [1.29, 1.82) is 0 Å². The molecule has 2 nitrogen and oxygen atoms in total. The molecule has 0 heterocycles. The van der Waals surface area contributed by atoms with Gasteiger partial charge < -0.3 is 5.32 Å². The van der Waals surface area contributed by atoms with Crippen molar-refractivity contribution in [3.63, 3.8) is 0 Å². The van der Waals surface area contributed by atoms with Crippen molar-refractivity contribution in [3.05, 3.63) is 67.2 Å². The number of hydrogen-bond donors (Lipinski definition) is 1. The predicted octanol–water partition coefficient (Wildman–Crippen LogP) is 5.48. The second-order valence-corrected chi connectivity index (χ2v) is 6.62. The number of carbonyl (C=O) groups excluding carboxylic acids is 1. The lowest BCUT2D eigenvalue weighted by atomic mass is 10.0. The lowest BCUT2D eigenvalue weighted by Gasteiger charge is -2.18. The molecule has 0 aliphatic heterocycles. The highest BCUT2D eigenvalue weighted by molar-refractivity contribution is 14.1. The monoisotopic (exact) mass is 433 g/mol. The Bertz CT molecular complexity index is 643. The molecule has 2 rings (SSSR count). The van der Waals surface area contributed by atoms with Gasteiger partial charge in [0.15, 0.2) is 0 Å². The molecule has 0 aliphatic rings. The Morgan fingerprint density at radius 1 is 1.19 bits per heavy atom. The molecule has 1 N–H and O–H groups in total. The van der Waals surface area contributed by atoms with Crippen LogP contribution in [0.25, 0.3) is 0 Å². The molecule has 21 heavy (non-hydrogen) atoms. The molecule has 1 atom stereocenters. The minimum absolute atomic E-state index is 0.0483. The fraction of sp³-hybridized carbons (Fsp3) is 0.188. The summed E-state index contributed by atoms with van der Waals surface area (Å²) in [5, 5.41) is 4.29. The Labute approximate surface area is 148 Å². The Morgan fingerprint density at radius 3 is 2.43 bits per heavy atom. The number of hydrogen-bond acceptors (Lipinski definition) is 1. The largest absolute Gasteiger partial charge is 0.345 e. The minimum atomic E-state index is -0.130. The summed E-state index contributed by atoms with van der Waals surface area (Å²) < 4.78 is 0.926. The van der Waals surface area contributed by atoms with E-state index in [1.54, 1.807) is 12.1 Å². The van der Waals surface area contributed by atoms with E-state index < -0.39 is 0 Å². The van der Waals surface area contributed by atoms with Gasteiger partial charge in [0.25, 0.3) is 5.91 Å². The summed E-state index contributed by atoms with van der Waals surface area (Å²) >= 11 is 14.1. The Balaban J connectivity index is 2.15. The highest BCUT2D eigenvalue weighted by Crippen LogP contribution is 2.22. The van der Waals surface area contributed by atoms with Crippen LogP contribution < -0.4 is 5.32 Å². The van der Waals surface area contributed by atoms with Crippen molar-refractivity contribution in [1.82, 2.24) is 5.32 Å². The van der Waals surface area contributed by atoms with Crippen LogP contribution in [0.1, 0.15) is 35.3 Å². The Kier molecular flexibility index (Phi) is 5.90. The van der Waals surface area contributed by atoms with Crippen LogP contribution in [0.2, 0.25) is 10.0 Å². The van der Waals surface area contributed by atoms with Gasteiger partial charge in [0.2, 0.25) is 0 Å². The summed E-state index contributed by atoms with van der Waals surface area (Å²) in [6, 6.07) is 12.8. The number of rotatable bonds is 4. The predicted molar refractivity (Wildman–Crippen MR) is 96.1 cm³/mol. The van der Waals surface area contributed by atoms with Crippen molar-refractivity contribution in [3.8, 4) is 0 Å². The third-order valence-corrected chi connectivity index (χ3v) is 4.99. The molecule has 0 radical (unpaired) electrons. The molecule has 0 spiro atoms. The first-order chi connectivity index (χ1) is 10.0. The van der Waals surface area contributed by atoms with Gasteiger partial charge >= 0.3 is 0 Å². The van der Waals surface area contributed by atoms with Crippen LogP contribution in [-0.2, 0) is 0 Å². The highest BCUT2D eigenvalue weighted by atomic mass is 127. The average Bonchev–Trinajstić information content (AvgIpc) is 2.48. The summed E-state index contributed by atoms with van der Waals surface area (Å²) in [5.74, 6) is -0.130. The fourth-order valence-corrected chi connectivity index (χ4v) is 2.64. The van der Waals surface area contributed by atoms with Crippen molar-refractivity contribution in [2.45, 2.75) is 19.4 Å². The average molecular weight is 434 g/mol. The third-order valence-electron chi connectivity index (χ3n) is 3.17. The van der Waals surface area contributed by atoms with Gasteiger partial charge in [-0.1, -0.05) is 42.3 Å². The minimum Gasteiger partial charge on any atom is -0.345 e. The van der Waals surface area contributed by atoms with Gasteiger partial charge in [0, 0.05) is 14.2 Å². The van der Waals surface area contributed by atoms with Crippen molar-refractivity contribution in [2.24, 2.45) is 0 Å². The first-order valence-electron chi connectivity index (χ1n) is 6.52. The second-order valence-electron chi connectivity index (χ2n) is 4.61. The van der Waals surface area contributed by atoms with E-state index in [0.717, 1.165) is 15.6 Å². The van der Waals surface area contributed by atoms with E-state index in [4.69, 9.17) is 23.2 Å². The zero-order valence-electron chi connectivity index (χ0n) is 11.4. The number of benzene rings is 2. The molecule has 0 saturated heterocycles.